The quantitative estimate of drug-likeness (QED) is 0.0598. The Bertz CT molecular complexity index is 841. The van der Waals surface area contributed by atoms with Gasteiger partial charge in [-0.25, -0.2) is 0 Å². The van der Waals surface area contributed by atoms with Gasteiger partial charge in [-0.15, -0.1) is 0 Å². The van der Waals surface area contributed by atoms with Gasteiger partial charge in [-0.2, -0.15) is 0 Å². The maximum atomic E-state index is 2.50. The van der Waals surface area contributed by atoms with Gasteiger partial charge in [0.05, 0.1) is 49.3 Å². The van der Waals surface area contributed by atoms with Crippen molar-refractivity contribution in [3.05, 3.63) is 59.7 Å². The maximum absolute atomic E-state index is 2.50. The molecule has 0 unspecified atom stereocenters. The largest absolute Gasteiger partial charge is 0.0842 e. The van der Waals surface area contributed by atoms with Gasteiger partial charge in [-0.1, -0.05) is 167 Å². The molecule has 0 aromatic heterocycles. The van der Waals surface area contributed by atoms with E-state index < -0.39 is 14.5 Å². The van der Waals surface area contributed by atoms with Crippen LogP contribution in [0.15, 0.2) is 48.5 Å². The smallest absolute Gasteiger partial charge is 0.0654 e. The Kier molecular flexibility index (Phi) is 22.8. The van der Waals surface area contributed by atoms with E-state index in [4.69, 9.17) is 0 Å². The Hall–Kier alpha value is -0.700. The predicted octanol–water partition coefficient (Wildman–Crippen LogP) is 15.5. The third-order valence-electron chi connectivity index (χ3n) is 10.7. The Morgan fingerprint density at radius 2 is 0.522 bits per heavy atom. The van der Waals surface area contributed by atoms with Crippen LogP contribution in [0.25, 0.3) is 11.1 Å². The maximum Gasteiger partial charge on any atom is 0.0842 e. The monoisotopic (exact) mass is 669 g/mol. The van der Waals surface area contributed by atoms with Gasteiger partial charge in [0.15, 0.2) is 0 Å². The van der Waals surface area contributed by atoms with Crippen LogP contribution in [0.2, 0.25) is 0 Å². The van der Waals surface area contributed by atoms with Crippen LogP contribution in [0, 0.1) is 0 Å². The summed E-state index contributed by atoms with van der Waals surface area (Å²) in [6, 6.07) is 19.8. The Morgan fingerprint density at radius 3 is 0.717 bits per heavy atom. The van der Waals surface area contributed by atoms with Gasteiger partial charge >= 0.3 is 0 Å². The molecule has 0 aliphatic rings. The summed E-state index contributed by atoms with van der Waals surface area (Å²) in [7, 11) is -1.90. The molecule has 0 aliphatic carbocycles. The van der Waals surface area contributed by atoms with E-state index in [1.54, 1.807) is 11.1 Å². The second-order valence-electron chi connectivity index (χ2n) is 15.0. The number of hydrogen-bond acceptors (Lipinski definition) is 0. The van der Waals surface area contributed by atoms with Gasteiger partial charge in [0.25, 0.3) is 0 Å². The van der Waals surface area contributed by atoms with Crippen molar-refractivity contribution in [3.63, 3.8) is 0 Å². The molecular formula is C44H78P2+2. The van der Waals surface area contributed by atoms with E-state index in [1.807, 2.05) is 0 Å². The van der Waals surface area contributed by atoms with E-state index in [1.165, 1.54) is 176 Å². The van der Waals surface area contributed by atoms with E-state index in [0.29, 0.717) is 0 Å². The molecule has 0 amide bonds. The molecule has 2 aromatic rings. The lowest BCUT2D eigenvalue weighted by molar-refractivity contribution is 0.740. The molecule has 2 aromatic carbocycles. The van der Waals surface area contributed by atoms with Gasteiger partial charge in [0, 0.05) is 14.5 Å². The summed E-state index contributed by atoms with van der Waals surface area (Å²) in [5, 5.41) is 0. The summed E-state index contributed by atoms with van der Waals surface area (Å²) in [4.78, 5) is 0. The first-order valence-corrected chi connectivity index (χ1v) is 25.4. The van der Waals surface area contributed by atoms with Crippen molar-refractivity contribution in [1.29, 1.82) is 0 Å². The van der Waals surface area contributed by atoms with Crippen LogP contribution in [0.4, 0.5) is 0 Å². The lowest BCUT2D eigenvalue weighted by Gasteiger charge is -2.29. The molecule has 262 valence electrons. The summed E-state index contributed by atoms with van der Waals surface area (Å²) in [6.07, 6.45) is 37.2. The van der Waals surface area contributed by atoms with Crippen LogP contribution >= 0.6 is 14.5 Å². The SMILES string of the molecule is CCCCC[P+](CCCCC)(CCCCC)Cc1ccc(-c2ccc(C[P+](CCCCC)(CCCCC)CCCCC)cc2)cc1. The summed E-state index contributed by atoms with van der Waals surface area (Å²) in [5.74, 6) is 0. The first kappa shape index (κ1) is 41.5. The van der Waals surface area contributed by atoms with E-state index in [-0.39, 0.29) is 0 Å². The van der Waals surface area contributed by atoms with Crippen molar-refractivity contribution in [2.24, 2.45) is 0 Å². The van der Waals surface area contributed by atoms with Crippen LogP contribution in [0.3, 0.4) is 0 Å². The van der Waals surface area contributed by atoms with Gasteiger partial charge in [0.1, 0.15) is 0 Å². The molecule has 0 N–H and O–H groups in total. The lowest BCUT2D eigenvalue weighted by atomic mass is 10.0. The number of rotatable bonds is 29. The first-order chi connectivity index (χ1) is 22.5. The minimum absolute atomic E-state index is 0.949. The van der Waals surface area contributed by atoms with E-state index in [0.717, 1.165) is 0 Å². The highest BCUT2D eigenvalue weighted by molar-refractivity contribution is 7.75. The van der Waals surface area contributed by atoms with Crippen LogP contribution in [0.1, 0.15) is 168 Å². The van der Waals surface area contributed by atoms with E-state index in [2.05, 4.69) is 90.1 Å². The Morgan fingerprint density at radius 1 is 0.304 bits per heavy atom. The molecule has 0 aliphatic heterocycles. The zero-order valence-electron chi connectivity index (χ0n) is 31.9. The van der Waals surface area contributed by atoms with Crippen molar-refractivity contribution in [3.8, 4) is 11.1 Å². The highest BCUT2D eigenvalue weighted by Crippen LogP contribution is 2.64. The fraction of sp³-hybridized carbons (Fsp3) is 0.727. The molecule has 0 atom stereocenters. The van der Waals surface area contributed by atoms with Crippen LogP contribution in [-0.2, 0) is 12.3 Å². The Balaban J connectivity index is 2.21. The predicted molar refractivity (Wildman–Crippen MR) is 219 cm³/mol. The molecule has 46 heavy (non-hydrogen) atoms. The first-order valence-electron chi connectivity index (χ1n) is 20.4. The topological polar surface area (TPSA) is 0 Å². The van der Waals surface area contributed by atoms with Gasteiger partial charge in [-0.3, -0.25) is 0 Å². The standard InChI is InChI=1S/C44H78P2/c1-7-13-19-33-45(34-20-14-8-2,35-21-15-9-3)39-41-25-29-43(30-26-41)44-31-27-42(28-32-44)40-46(36-22-16-10-4,37-23-17-11-5)38-24-18-12-6/h25-32H,7-24,33-40H2,1-6H3/q+2. The second-order valence-corrected chi connectivity index (χ2v) is 23.7. The summed E-state index contributed by atoms with van der Waals surface area (Å²) in [5.41, 5.74) is 6.02. The average Bonchev–Trinajstić information content (AvgIpc) is 3.06. The van der Waals surface area contributed by atoms with Crippen molar-refractivity contribution >= 4 is 14.5 Å². The van der Waals surface area contributed by atoms with Crippen molar-refractivity contribution < 1.29 is 0 Å². The van der Waals surface area contributed by atoms with Crippen molar-refractivity contribution in [1.82, 2.24) is 0 Å². The zero-order chi connectivity index (χ0) is 33.4. The van der Waals surface area contributed by atoms with E-state index in [9.17, 15) is 0 Å². The molecule has 0 nitrogen and oxygen atoms in total. The molecule has 0 heterocycles. The van der Waals surface area contributed by atoms with Crippen molar-refractivity contribution in [2.75, 3.05) is 37.0 Å². The fourth-order valence-corrected chi connectivity index (χ4v) is 17.3. The summed E-state index contributed by atoms with van der Waals surface area (Å²) in [6.45, 7) is 14.2. The zero-order valence-corrected chi connectivity index (χ0v) is 33.7. The number of hydrogen-bond donors (Lipinski definition) is 0. The van der Waals surface area contributed by atoms with Crippen LogP contribution in [-0.4, -0.2) is 37.0 Å². The van der Waals surface area contributed by atoms with Crippen LogP contribution < -0.4 is 0 Å². The molecule has 0 spiro atoms. The highest BCUT2D eigenvalue weighted by Gasteiger charge is 2.37. The van der Waals surface area contributed by atoms with Gasteiger partial charge in [-0.05, 0) is 60.8 Å². The molecule has 0 fully saturated rings. The third kappa shape index (κ3) is 16.1. The van der Waals surface area contributed by atoms with Gasteiger partial charge < -0.3 is 0 Å². The highest BCUT2D eigenvalue weighted by atomic mass is 31.2. The van der Waals surface area contributed by atoms with Crippen LogP contribution in [0.5, 0.6) is 0 Å². The molecule has 2 rings (SSSR count). The van der Waals surface area contributed by atoms with Gasteiger partial charge in [0.2, 0.25) is 0 Å². The fourth-order valence-electron chi connectivity index (χ4n) is 7.71. The second kappa shape index (κ2) is 25.3. The third-order valence-corrected chi connectivity index (χ3v) is 20.4. The van der Waals surface area contributed by atoms with E-state index >= 15 is 0 Å². The average molecular weight is 669 g/mol. The molecule has 0 saturated carbocycles. The molecule has 0 radical (unpaired) electrons. The lowest BCUT2D eigenvalue weighted by Crippen LogP contribution is -2.12. The Labute approximate surface area is 290 Å². The minimum Gasteiger partial charge on any atom is -0.0654 e. The van der Waals surface area contributed by atoms with Crippen molar-refractivity contribution in [2.45, 2.75) is 169 Å². The number of unbranched alkanes of at least 4 members (excludes halogenated alkanes) is 12. The minimum atomic E-state index is -0.949. The molecular weight excluding hydrogens is 590 g/mol. The molecule has 2 heteroatoms. The molecule has 0 saturated heterocycles. The molecule has 0 bridgehead atoms. The normalized spacial score (nSPS) is 12.2. The number of benzene rings is 2. The summed E-state index contributed by atoms with van der Waals surface area (Å²) >= 11 is 0. The summed E-state index contributed by atoms with van der Waals surface area (Å²) < 4.78 is 0.